The SMILES string of the molecule is CC(C)O.CC(C)O.OC1C=CC=C1.[V]. The maximum Gasteiger partial charge on any atom is 0.0908 e. The van der Waals surface area contributed by atoms with E-state index in [-0.39, 0.29) is 36.9 Å². The number of aliphatic hydroxyl groups excluding tert-OH is 3. The monoisotopic (exact) mass is 253 g/mol. The first-order chi connectivity index (χ1) is 6.36. The molecule has 4 heteroatoms. The van der Waals surface area contributed by atoms with Crippen molar-refractivity contribution in [2.75, 3.05) is 0 Å². The second-order valence-corrected chi connectivity index (χ2v) is 3.45. The first-order valence-corrected chi connectivity index (χ1v) is 4.75. The second kappa shape index (κ2) is 13.9. The summed E-state index contributed by atoms with van der Waals surface area (Å²) in [7, 11) is 0. The molecule has 0 bridgehead atoms. The fourth-order valence-corrected chi connectivity index (χ4v) is 0.420. The van der Waals surface area contributed by atoms with Crippen molar-refractivity contribution in [1.82, 2.24) is 0 Å². The third-order valence-corrected chi connectivity index (χ3v) is 0.728. The van der Waals surface area contributed by atoms with Crippen LogP contribution in [-0.4, -0.2) is 33.6 Å². The van der Waals surface area contributed by atoms with Gasteiger partial charge in [-0.2, -0.15) is 0 Å². The predicted molar refractivity (Wildman–Crippen MR) is 59.0 cm³/mol. The van der Waals surface area contributed by atoms with Gasteiger partial charge in [-0.1, -0.05) is 24.3 Å². The molecule has 1 radical (unpaired) electrons. The molecule has 0 saturated heterocycles. The summed E-state index contributed by atoms with van der Waals surface area (Å²) in [5.41, 5.74) is 0. The summed E-state index contributed by atoms with van der Waals surface area (Å²) < 4.78 is 0. The fourth-order valence-electron chi connectivity index (χ4n) is 0.420. The van der Waals surface area contributed by atoms with Gasteiger partial charge in [0.2, 0.25) is 0 Å². The quantitative estimate of drug-likeness (QED) is 0.609. The van der Waals surface area contributed by atoms with Crippen molar-refractivity contribution in [3.8, 4) is 0 Å². The minimum atomic E-state index is -0.315. The van der Waals surface area contributed by atoms with Gasteiger partial charge in [0.15, 0.2) is 0 Å². The van der Waals surface area contributed by atoms with E-state index in [1.165, 1.54) is 0 Å². The van der Waals surface area contributed by atoms with Crippen LogP contribution in [0.15, 0.2) is 24.3 Å². The van der Waals surface area contributed by atoms with E-state index >= 15 is 0 Å². The average molecular weight is 253 g/mol. The largest absolute Gasteiger partial charge is 0.394 e. The third kappa shape index (κ3) is 41.3. The van der Waals surface area contributed by atoms with Crippen LogP contribution in [0, 0.1) is 0 Å². The Labute approximate surface area is 104 Å². The molecule has 0 atom stereocenters. The standard InChI is InChI=1S/C5H6O.2C3H8O.V/c6-5-3-1-2-4-5;2*1-3(2)4;/h1-6H;2*3-4H,1-2H3;. The van der Waals surface area contributed by atoms with Gasteiger partial charge in [0.05, 0.1) is 6.10 Å². The molecule has 0 heterocycles. The topological polar surface area (TPSA) is 60.7 Å². The van der Waals surface area contributed by atoms with E-state index in [1.54, 1.807) is 39.8 Å². The van der Waals surface area contributed by atoms with Crippen LogP contribution >= 0.6 is 0 Å². The van der Waals surface area contributed by atoms with Gasteiger partial charge in [-0.25, -0.2) is 0 Å². The molecule has 89 valence electrons. The Morgan fingerprint density at radius 1 is 0.867 bits per heavy atom. The summed E-state index contributed by atoms with van der Waals surface area (Å²) in [6.45, 7) is 6.89. The van der Waals surface area contributed by atoms with Crippen LogP contribution in [0.1, 0.15) is 27.7 Å². The fraction of sp³-hybridized carbons (Fsp3) is 0.636. The van der Waals surface area contributed by atoms with Crippen molar-refractivity contribution in [2.45, 2.75) is 46.0 Å². The summed E-state index contributed by atoms with van der Waals surface area (Å²) in [5, 5.41) is 24.7. The van der Waals surface area contributed by atoms with Gasteiger partial charge < -0.3 is 15.3 Å². The second-order valence-electron chi connectivity index (χ2n) is 3.45. The molecule has 3 N–H and O–H groups in total. The molecule has 1 aliphatic carbocycles. The van der Waals surface area contributed by atoms with E-state index in [9.17, 15) is 0 Å². The Morgan fingerprint density at radius 2 is 1.07 bits per heavy atom. The zero-order chi connectivity index (χ0) is 11.6. The van der Waals surface area contributed by atoms with Gasteiger partial charge in [0.1, 0.15) is 0 Å². The maximum absolute atomic E-state index is 8.56. The smallest absolute Gasteiger partial charge is 0.0908 e. The van der Waals surface area contributed by atoms with E-state index < -0.39 is 0 Å². The molecule has 0 unspecified atom stereocenters. The van der Waals surface area contributed by atoms with E-state index in [4.69, 9.17) is 15.3 Å². The van der Waals surface area contributed by atoms with E-state index in [1.807, 2.05) is 12.2 Å². The minimum absolute atomic E-state index is 0. The molecule has 1 rings (SSSR count). The van der Waals surface area contributed by atoms with Gasteiger partial charge in [0, 0.05) is 30.8 Å². The van der Waals surface area contributed by atoms with Crippen LogP contribution in [0.2, 0.25) is 0 Å². The van der Waals surface area contributed by atoms with Gasteiger partial charge in [-0.3, -0.25) is 0 Å². The van der Waals surface area contributed by atoms with Gasteiger partial charge >= 0.3 is 0 Å². The zero-order valence-corrected chi connectivity index (χ0v) is 11.2. The molecule has 1 aliphatic rings. The van der Waals surface area contributed by atoms with Crippen LogP contribution in [0.5, 0.6) is 0 Å². The summed E-state index contributed by atoms with van der Waals surface area (Å²) in [5.74, 6) is 0. The molecule has 15 heavy (non-hydrogen) atoms. The molecule has 0 saturated carbocycles. The first kappa shape index (κ1) is 20.4. The van der Waals surface area contributed by atoms with Crippen molar-refractivity contribution in [3.63, 3.8) is 0 Å². The number of aliphatic hydroxyl groups is 3. The van der Waals surface area contributed by atoms with Crippen molar-refractivity contribution >= 4 is 0 Å². The maximum atomic E-state index is 8.56. The zero-order valence-electron chi connectivity index (χ0n) is 9.83. The Morgan fingerprint density at radius 3 is 1.13 bits per heavy atom. The van der Waals surface area contributed by atoms with Gasteiger partial charge in [0.25, 0.3) is 0 Å². The number of rotatable bonds is 0. The Kier molecular flexibility index (Phi) is 18.9. The van der Waals surface area contributed by atoms with Crippen molar-refractivity contribution < 1.29 is 33.9 Å². The third-order valence-electron chi connectivity index (χ3n) is 0.728. The Bertz CT molecular complexity index is 142. The molecular weight excluding hydrogens is 231 g/mol. The van der Waals surface area contributed by atoms with Crippen molar-refractivity contribution in [2.24, 2.45) is 0 Å². The molecule has 3 nitrogen and oxygen atoms in total. The van der Waals surface area contributed by atoms with E-state index in [0.717, 1.165) is 0 Å². The Hall–Kier alpha value is -0.0556. The molecule has 0 aliphatic heterocycles. The van der Waals surface area contributed by atoms with Crippen molar-refractivity contribution in [3.05, 3.63) is 24.3 Å². The van der Waals surface area contributed by atoms with Crippen LogP contribution < -0.4 is 0 Å². The number of allylic oxidation sites excluding steroid dienone is 2. The predicted octanol–water partition coefficient (Wildman–Crippen LogP) is 1.24. The van der Waals surface area contributed by atoms with Gasteiger partial charge in [-0.15, -0.1) is 0 Å². The van der Waals surface area contributed by atoms with Crippen LogP contribution in [-0.2, 0) is 18.6 Å². The van der Waals surface area contributed by atoms with Gasteiger partial charge in [-0.05, 0) is 27.7 Å². The summed E-state index contributed by atoms with van der Waals surface area (Å²) in [4.78, 5) is 0. The summed E-state index contributed by atoms with van der Waals surface area (Å²) in [6.07, 6.45) is 6.44. The van der Waals surface area contributed by atoms with E-state index in [2.05, 4.69) is 0 Å². The molecule has 0 spiro atoms. The first-order valence-electron chi connectivity index (χ1n) is 4.75. The number of hydrogen-bond donors (Lipinski definition) is 3. The van der Waals surface area contributed by atoms with E-state index in [0.29, 0.717) is 0 Å². The molecule has 0 aromatic rings. The number of hydrogen-bond acceptors (Lipinski definition) is 3. The van der Waals surface area contributed by atoms with Crippen LogP contribution in [0.25, 0.3) is 0 Å². The summed E-state index contributed by atoms with van der Waals surface area (Å²) >= 11 is 0. The molecule has 0 aromatic heterocycles. The average Bonchev–Trinajstić information content (AvgIpc) is 2.36. The van der Waals surface area contributed by atoms with Crippen LogP contribution in [0.3, 0.4) is 0 Å². The van der Waals surface area contributed by atoms with Crippen molar-refractivity contribution in [1.29, 1.82) is 0 Å². The normalized spacial score (nSPS) is 12.9. The summed E-state index contributed by atoms with van der Waals surface area (Å²) in [6, 6.07) is 0. The minimum Gasteiger partial charge on any atom is -0.394 e. The molecular formula is C11H22O3V. The molecule has 0 amide bonds. The molecule has 0 fully saturated rings. The Balaban J connectivity index is -0.000000145. The molecule has 0 aromatic carbocycles. The van der Waals surface area contributed by atoms with Crippen LogP contribution in [0.4, 0.5) is 0 Å².